The predicted octanol–water partition coefficient (Wildman–Crippen LogP) is -0.245. The molecule has 19 heavy (non-hydrogen) atoms. The SMILES string of the molecule is O=C(O)CC(NC(=O)c1ccc(O)cc1O)C(=O)O. The van der Waals surface area contributed by atoms with E-state index in [4.69, 9.17) is 15.3 Å². The Morgan fingerprint density at radius 3 is 2.26 bits per heavy atom. The molecule has 1 atom stereocenters. The van der Waals surface area contributed by atoms with Gasteiger partial charge in [-0.3, -0.25) is 9.59 Å². The molecule has 0 saturated heterocycles. The molecule has 5 N–H and O–H groups in total. The highest BCUT2D eigenvalue weighted by Gasteiger charge is 2.24. The summed E-state index contributed by atoms with van der Waals surface area (Å²) in [5.74, 6) is -4.66. The lowest BCUT2D eigenvalue weighted by atomic mass is 10.1. The van der Waals surface area contributed by atoms with E-state index in [9.17, 15) is 19.5 Å². The van der Waals surface area contributed by atoms with Crippen LogP contribution in [0.15, 0.2) is 18.2 Å². The van der Waals surface area contributed by atoms with Crippen LogP contribution >= 0.6 is 0 Å². The highest BCUT2D eigenvalue weighted by molar-refractivity contribution is 5.99. The molecule has 0 radical (unpaired) electrons. The summed E-state index contributed by atoms with van der Waals surface area (Å²) < 4.78 is 0. The fourth-order valence-corrected chi connectivity index (χ4v) is 1.32. The number of phenols is 2. The molecule has 0 aliphatic rings. The molecule has 102 valence electrons. The first kappa shape index (κ1) is 14.3. The molecule has 1 aromatic carbocycles. The van der Waals surface area contributed by atoms with Gasteiger partial charge in [-0.05, 0) is 12.1 Å². The zero-order chi connectivity index (χ0) is 14.6. The number of rotatable bonds is 5. The summed E-state index contributed by atoms with van der Waals surface area (Å²) in [5.41, 5.74) is -0.269. The third kappa shape index (κ3) is 3.87. The van der Waals surface area contributed by atoms with Crippen LogP contribution in [0.3, 0.4) is 0 Å². The molecule has 1 rings (SSSR count). The van der Waals surface area contributed by atoms with Crippen molar-refractivity contribution in [1.29, 1.82) is 0 Å². The van der Waals surface area contributed by atoms with Gasteiger partial charge in [-0.1, -0.05) is 0 Å². The Morgan fingerprint density at radius 2 is 1.79 bits per heavy atom. The molecule has 0 spiro atoms. The number of aliphatic carboxylic acids is 2. The molecular formula is C11H11NO7. The van der Waals surface area contributed by atoms with Gasteiger partial charge in [-0.2, -0.15) is 0 Å². The zero-order valence-electron chi connectivity index (χ0n) is 9.53. The number of carbonyl (C=O) groups is 3. The average molecular weight is 269 g/mol. The van der Waals surface area contributed by atoms with Gasteiger partial charge in [0.05, 0.1) is 12.0 Å². The van der Waals surface area contributed by atoms with Crippen LogP contribution in [-0.4, -0.2) is 44.3 Å². The number of hydrogen-bond donors (Lipinski definition) is 5. The summed E-state index contributed by atoms with van der Waals surface area (Å²) in [7, 11) is 0. The van der Waals surface area contributed by atoms with E-state index in [1.54, 1.807) is 0 Å². The van der Waals surface area contributed by atoms with Gasteiger partial charge in [-0.15, -0.1) is 0 Å². The average Bonchev–Trinajstić information content (AvgIpc) is 2.26. The van der Waals surface area contributed by atoms with Gasteiger partial charge in [0.25, 0.3) is 5.91 Å². The maximum absolute atomic E-state index is 11.7. The number of nitrogens with one attached hydrogen (secondary N) is 1. The van der Waals surface area contributed by atoms with Crippen molar-refractivity contribution in [2.75, 3.05) is 0 Å². The molecule has 0 aromatic heterocycles. The van der Waals surface area contributed by atoms with Gasteiger partial charge in [0.15, 0.2) is 0 Å². The van der Waals surface area contributed by atoms with Gasteiger partial charge in [0, 0.05) is 6.07 Å². The van der Waals surface area contributed by atoms with Gasteiger partial charge in [-0.25, -0.2) is 4.79 Å². The summed E-state index contributed by atoms with van der Waals surface area (Å²) in [6.45, 7) is 0. The second-order valence-corrected chi connectivity index (χ2v) is 3.66. The highest BCUT2D eigenvalue weighted by Crippen LogP contribution is 2.22. The van der Waals surface area contributed by atoms with Crippen LogP contribution in [0.2, 0.25) is 0 Å². The van der Waals surface area contributed by atoms with E-state index in [0.717, 1.165) is 18.2 Å². The fraction of sp³-hybridized carbons (Fsp3) is 0.182. The van der Waals surface area contributed by atoms with Crippen molar-refractivity contribution in [3.63, 3.8) is 0 Å². The highest BCUT2D eigenvalue weighted by atomic mass is 16.4. The molecular weight excluding hydrogens is 258 g/mol. The number of aromatic hydroxyl groups is 2. The quantitative estimate of drug-likeness (QED) is 0.495. The number of carbonyl (C=O) groups excluding carboxylic acids is 1. The maximum Gasteiger partial charge on any atom is 0.326 e. The Hall–Kier alpha value is -2.77. The summed E-state index contributed by atoms with van der Waals surface area (Å²) in [6.07, 6.45) is -0.792. The number of phenolic OH excluding ortho intramolecular Hbond substituents is 2. The molecule has 0 aliphatic carbocycles. The smallest absolute Gasteiger partial charge is 0.326 e. The van der Waals surface area contributed by atoms with Gasteiger partial charge in [0.1, 0.15) is 17.5 Å². The van der Waals surface area contributed by atoms with Crippen molar-refractivity contribution >= 4 is 17.8 Å². The summed E-state index contributed by atoms with van der Waals surface area (Å²) >= 11 is 0. The van der Waals surface area contributed by atoms with Crippen LogP contribution in [0.25, 0.3) is 0 Å². The second-order valence-electron chi connectivity index (χ2n) is 3.66. The molecule has 0 heterocycles. The first-order valence-electron chi connectivity index (χ1n) is 5.08. The molecule has 1 amide bonds. The standard InChI is InChI=1S/C11H11NO7/c13-5-1-2-6(8(14)3-5)10(17)12-7(11(18)19)4-9(15)16/h1-3,7,13-14H,4H2,(H,12,17)(H,15,16)(H,18,19). The topological polar surface area (TPSA) is 144 Å². The van der Waals surface area contributed by atoms with Gasteiger partial charge in [0.2, 0.25) is 0 Å². The molecule has 0 saturated carbocycles. The Kier molecular flexibility index (Phi) is 4.30. The molecule has 8 heteroatoms. The monoisotopic (exact) mass is 269 g/mol. The lowest BCUT2D eigenvalue weighted by molar-refractivity contribution is -0.145. The largest absolute Gasteiger partial charge is 0.508 e. The maximum atomic E-state index is 11.7. The molecule has 1 unspecified atom stereocenters. The first-order chi connectivity index (χ1) is 8.81. The number of hydrogen-bond acceptors (Lipinski definition) is 5. The van der Waals surface area contributed by atoms with E-state index in [2.05, 4.69) is 0 Å². The number of benzene rings is 1. The zero-order valence-corrected chi connectivity index (χ0v) is 9.53. The molecule has 0 fully saturated rings. The summed E-state index contributed by atoms with van der Waals surface area (Å²) in [5, 5.41) is 37.7. The molecule has 1 aromatic rings. The first-order valence-corrected chi connectivity index (χ1v) is 5.08. The normalized spacial score (nSPS) is 11.6. The van der Waals surface area contributed by atoms with Crippen LogP contribution in [0.1, 0.15) is 16.8 Å². The molecule has 8 nitrogen and oxygen atoms in total. The van der Waals surface area contributed by atoms with E-state index in [-0.39, 0.29) is 11.3 Å². The summed E-state index contributed by atoms with van der Waals surface area (Å²) in [6, 6.07) is 1.50. The van der Waals surface area contributed by atoms with Gasteiger partial charge < -0.3 is 25.7 Å². The second kappa shape index (κ2) is 5.71. The third-order valence-electron chi connectivity index (χ3n) is 2.21. The van der Waals surface area contributed by atoms with Crippen molar-refractivity contribution < 1.29 is 34.8 Å². The third-order valence-corrected chi connectivity index (χ3v) is 2.21. The van der Waals surface area contributed by atoms with E-state index in [1.807, 2.05) is 5.32 Å². The Labute approximate surface area is 106 Å². The number of carboxylic acid groups (broad SMARTS) is 2. The van der Waals surface area contributed by atoms with Crippen LogP contribution in [0.5, 0.6) is 11.5 Å². The van der Waals surface area contributed by atoms with E-state index >= 15 is 0 Å². The van der Waals surface area contributed by atoms with Crippen molar-refractivity contribution in [1.82, 2.24) is 5.32 Å². The minimum Gasteiger partial charge on any atom is -0.508 e. The van der Waals surface area contributed by atoms with E-state index in [1.165, 1.54) is 0 Å². The lowest BCUT2D eigenvalue weighted by Gasteiger charge is -2.13. The lowest BCUT2D eigenvalue weighted by Crippen LogP contribution is -2.42. The Bertz CT molecular complexity index is 526. The summed E-state index contributed by atoms with van der Waals surface area (Å²) in [4.78, 5) is 32.9. The number of carboxylic acids is 2. The van der Waals surface area contributed by atoms with Crippen molar-refractivity contribution in [3.05, 3.63) is 23.8 Å². The van der Waals surface area contributed by atoms with Crippen molar-refractivity contribution in [2.45, 2.75) is 12.5 Å². The van der Waals surface area contributed by atoms with Crippen LogP contribution in [-0.2, 0) is 9.59 Å². The predicted molar refractivity (Wildman–Crippen MR) is 60.9 cm³/mol. The molecule has 0 bridgehead atoms. The van der Waals surface area contributed by atoms with E-state index < -0.39 is 36.1 Å². The van der Waals surface area contributed by atoms with Crippen molar-refractivity contribution in [3.8, 4) is 11.5 Å². The Morgan fingerprint density at radius 1 is 1.16 bits per heavy atom. The molecule has 0 aliphatic heterocycles. The van der Waals surface area contributed by atoms with Gasteiger partial charge >= 0.3 is 11.9 Å². The fourth-order valence-electron chi connectivity index (χ4n) is 1.32. The van der Waals surface area contributed by atoms with Crippen LogP contribution < -0.4 is 5.32 Å². The number of amides is 1. The minimum atomic E-state index is -1.61. The minimum absolute atomic E-state index is 0.269. The van der Waals surface area contributed by atoms with Crippen LogP contribution in [0.4, 0.5) is 0 Å². The Balaban J connectivity index is 2.87. The van der Waals surface area contributed by atoms with Crippen LogP contribution in [0, 0.1) is 0 Å². The van der Waals surface area contributed by atoms with E-state index in [0.29, 0.717) is 0 Å². The van der Waals surface area contributed by atoms with Crippen molar-refractivity contribution in [2.24, 2.45) is 0 Å².